The fraction of sp³-hybridized carbons (Fsp3) is 0.250. The van der Waals surface area contributed by atoms with Gasteiger partial charge in [0.15, 0.2) is 0 Å². The lowest BCUT2D eigenvalue weighted by molar-refractivity contribution is 0.339. The highest BCUT2D eigenvalue weighted by atomic mass is 32.2. The zero-order chi connectivity index (χ0) is 14.2. The van der Waals surface area contributed by atoms with E-state index in [1.54, 1.807) is 11.8 Å². The van der Waals surface area contributed by atoms with Crippen LogP contribution in [0.5, 0.6) is 11.5 Å². The number of para-hydroxylation sites is 1. The second-order valence-electron chi connectivity index (χ2n) is 4.14. The summed E-state index contributed by atoms with van der Waals surface area (Å²) in [5.41, 5.74) is 6.74. The molecule has 3 nitrogen and oxygen atoms in total. The molecule has 0 heterocycles. The Labute approximate surface area is 124 Å². The van der Waals surface area contributed by atoms with Crippen LogP contribution in [0.2, 0.25) is 0 Å². The van der Waals surface area contributed by atoms with Crippen LogP contribution in [0.1, 0.15) is 6.92 Å². The van der Waals surface area contributed by atoms with E-state index in [1.165, 1.54) is 0 Å². The highest BCUT2D eigenvalue weighted by molar-refractivity contribution is 7.99. The first kappa shape index (κ1) is 14.6. The summed E-state index contributed by atoms with van der Waals surface area (Å²) in [6.45, 7) is 3.27. The van der Waals surface area contributed by atoms with E-state index < -0.39 is 0 Å². The van der Waals surface area contributed by atoms with Crippen molar-refractivity contribution in [1.29, 1.82) is 0 Å². The predicted octanol–water partition coefficient (Wildman–Crippen LogP) is 3.84. The number of hydrogen-bond donors (Lipinski definition) is 1. The molecule has 20 heavy (non-hydrogen) atoms. The van der Waals surface area contributed by atoms with Crippen molar-refractivity contribution >= 4 is 17.4 Å². The van der Waals surface area contributed by atoms with Gasteiger partial charge in [-0.1, -0.05) is 18.2 Å². The fourth-order valence-corrected chi connectivity index (χ4v) is 2.54. The maximum atomic E-state index is 5.96. The molecule has 0 spiro atoms. The molecule has 0 atom stereocenters. The molecule has 106 valence electrons. The Balaban J connectivity index is 1.83. The molecule has 0 aromatic heterocycles. The minimum Gasteiger partial charge on any atom is -0.494 e. The molecule has 0 amide bonds. The second-order valence-corrected chi connectivity index (χ2v) is 5.28. The van der Waals surface area contributed by atoms with Crippen molar-refractivity contribution in [2.24, 2.45) is 0 Å². The van der Waals surface area contributed by atoms with Gasteiger partial charge in [0.05, 0.1) is 13.2 Å². The summed E-state index contributed by atoms with van der Waals surface area (Å²) >= 11 is 1.68. The summed E-state index contributed by atoms with van der Waals surface area (Å²) in [6.07, 6.45) is 0. The predicted molar refractivity (Wildman–Crippen MR) is 84.7 cm³/mol. The number of ether oxygens (including phenoxy) is 2. The zero-order valence-electron chi connectivity index (χ0n) is 11.5. The highest BCUT2D eigenvalue weighted by Crippen LogP contribution is 2.29. The van der Waals surface area contributed by atoms with E-state index in [9.17, 15) is 0 Å². The average molecular weight is 289 g/mol. The first-order chi connectivity index (χ1) is 9.79. The van der Waals surface area contributed by atoms with Crippen LogP contribution >= 0.6 is 11.8 Å². The highest BCUT2D eigenvalue weighted by Gasteiger charge is 2.03. The van der Waals surface area contributed by atoms with Crippen molar-refractivity contribution in [3.8, 4) is 11.5 Å². The van der Waals surface area contributed by atoms with Crippen LogP contribution in [0.25, 0.3) is 0 Å². The summed E-state index contributed by atoms with van der Waals surface area (Å²) in [4.78, 5) is 1.03. The van der Waals surface area contributed by atoms with Crippen LogP contribution in [0.3, 0.4) is 0 Å². The van der Waals surface area contributed by atoms with E-state index in [1.807, 2.05) is 55.5 Å². The SMILES string of the molecule is CCOc1ccc(N)c(SCCOc2ccccc2)c1. The summed E-state index contributed by atoms with van der Waals surface area (Å²) in [5.74, 6) is 2.59. The first-order valence-corrected chi connectivity index (χ1v) is 7.61. The Morgan fingerprint density at radius 2 is 1.80 bits per heavy atom. The number of benzene rings is 2. The lowest BCUT2D eigenvalue weighted by Gasteiger charge is -2.09. The molecule has 2 N–H and O–H groups in total. The van der Waals surface area contributed by atoms with Gasteiger partial charge in [0.25, 0.3) is 0 Å². The van der Waals surface area contributed by atoms with E-state index in [-0.39, 0.29) is 0 Å². The van der Waals surface area contributed by atoms with Crippen LogP contribution in [0.4, 0.5) is 5.69 Å². The molecular weight excluding hydrogens is 270 g/mol. The van der Waals surface area contributed by atoms with Crippen molar-refractivity contribution < 1.29 is 9.47 Å². The summed E-state index contributed by atoms with van der Waals surface area (Å²) in [7, 11) is 0. The molecular formula is C16H19NO2S. The van der Waals surface area contributed by atoms with Gasteiger partial charge in [-0.25, -0.2) is 0 Å². The molecule has 0 fully saturated rings. The van der Waals surface area contributed by atoms with E-state index >= 15 is 0 Å². The topological polar surface area (TPSA) is 44.5 Å². The van der Waals surface area contributed by atoms with E-state index in [4.69, 9.17) is 15.2 Å². The number of rotatable bonds is 7. The van der Waals surface area contributed by atoms with Crippen molar-refractivity contribution in [2.75, 3.05) is 24.7 Å². The number of hydrogen-bond acceptors (Lipinski definition) is 4. The molecule has 0 saturated carbocycles. The smallest absolute Gasteiger partial charge is 0.120 e. The number of anilines is 1. The molecule has 2 aromatic carbocycles. The Bertz CT molecular complexity index is 531. The third-order valence-electron chi connectivity index (χ3n) is 2.65. The Morgan fingerprint density at radius 3 is 2.55 bits per heavy atom. The molecule has 0 aliphatic carbocycles. The maximum Gasteiger partial charge on any atom is 0.120 e. The van der Waals surface area contributed by atoms with Crippen LogP contribution in [-0.2, 0) is 0 Å². The maximum absolute atomic E-state index is 5.96. The van der Waals surface area contributed by atoms with E-state index in [0.29, 0.717) is 13.2 Å². The normalized spacial score (nSPS) is 10.2. The number of thioether (sulfide) groups is 1. The minimum atomic E-state index is 0.646. The molecule has 2 aromatic rings. The summed E-state index contributed by atoms with van der Waals surface area (Å²) < 4.78 is 11.1. The molecule has 4 heteroatoms. The fourth-order valence-electron chi connectivity index (χ4n) is 1.72. The molecule has 2 rings (SSSR count). The summed E-state index contributed by atoms with van der Waals surface area (Å²) in [6, 6.07) is 15.6. The lowest BCUT2D eigenvalue weighted by atomic mass is 10.3. The van der Waals surface area contributed by atoms with Crippen LogP contribution in [0, 0.1) is 0 Å². The second kappa shape index (κ2) is 7.70. The van der Waals surface area contributed by atoms with Crippen LogP contribution < -0.4 is 15.2 Å². The van der Waals surface area contributed by atoms with Gasteiger partial charge in [0, 0.05) is 16.3 Å². The van der Waals surface area contributed by atoms with Crippen molar-refractivity contribution in [3.05, 3.63) is 48.5 Å². The molecule has 0 radical (unpaired) electrons. The first-order valence-electron chi connectivity index (χ1n) is 6.62. The van der Waals surface area contributed by atoms with Gasteiger partial charge in [-0.3, -0.25) is 0 Å². The lowest BCUT2D eigenvalue weighted by Crippen LogP contribution is -2.01. The van der Waals surface area contributed by atoms with Gasteiger partial charge >= 0.3 is 0 Å². The third kappa shape index (κ3) is 4.38. The Morgan fingerprint density at radius 1 is 1.00 bits per heavy atom. The molecule has 0 bridgehead atoms. The van der Waals surface area contributed by atoms with Gasteiger partial charge in [0.2, 0.25) is 0 Å². The van der Waals surface area contributed by atoms with Crippen molar-refractivity contribution in [3.63, 3.8) is 0 Å². The van der Waals surface area contributed by atoms with Crippen molar-refractivity contribution in [1.82, 2.24) is 0 Å². The number of nitrogen functional groups attached to an aromatic ring is 1. The van der Waals surface area contributed by atoms with Gasteiger partial charge in [0.1, 0.15) is 11.5 Å². The van der Waals surface area contributed by atoms with Crippen LogP contribution in [-0.4, -0.2) is 19.0 Å². The third-order valence-corrected chi connectivity index (χ3v) is 3.68. The summed E-state index contributed by atoms with van der Waals surface area (Å²) in [5, 5.41) is 0. The van der Waals surface area contributed by atoms with Gasteiger partial charge < -0.3 is 15.2 Å². The largest absolute Gasteiger partial charge is 0.494 e. The minimum absolute atomic E-state index is 0.646. The molecule has 0 saturated heterocycles. The quantitative estimate of drug-likeness (QED) is 0.478. The Hall–Kier alpha value is -1.81. The van der Waals surface area contributed by atoms with E-state index in [0.717, 1.165) is 27.8 Å². The van der Waals surface area contributed by atoms with Gasteiger partial charge in [-0.15, -0.1) is 11.8 Å². The molecule has 0 aliphatic heterocycles. The Kier molecular flexibility index (Phi) is 5.62. The van der Waals surface area contributed by atoms with Crippen LogP contribution in [0.15, 0.2) is 53.4 Å². The van der Waals surface area contributed by atoms with Gasteiger partial charge in [-0.05, 0) is 37.3 Å². The van der Waals surface area contributed by atoms with Gasteiger partial charge in [-0.2, -0.15) is 0 Å². The number of nitrogens with two attached hydrogens (primary N) is 1. The standard InChI is InChI=1S/C16H19NO2S/c1-2-18-14-8-9-15(17)16(12-14)20-11-10-19-13-6-4-3-5-7-13/h3-9,12H,2,10-11,17H2,1H3. The molecule has 0 aliphatic rings. The average Bonchev–Trinajstić information content (AvgIpc) is 2.48. The van der Waals surface area contributed by atoms with Crippen molar-refractivity contribution in [2.45, 2.75) is 11.8 Å². The zero-order valence-corrected chi connectivity index (χ0v) is 12.4. The van der Waals surface area contributed by atoms with E-state index in [2.05, 4.69) is 0 Å². The monoisotopic (exact) mass is 289 g/mol. The molecule has 0 unspecified atom stereocenters.